The molecule has 0 radical (unpaired) electrons. The number of hydrogen-bond acceptors (Lipinski definition) is 2. The molecular formula is C16H28O2. The van der Waals surface area contributed by atoms with Crippen LogP contribution in [0.15, 0.2) is 12.2 Å². The van der Waals surface area contributed by atoms with Crippen molar-refractivity contribution in [1.29, 1.82) is 0 Å². The fourth-order valence-electron chi connectivity index (χ4n) is 1.76. The Morgan fingerprint density at radius 1 is 1.06 bits per heavy atom. The van der Waals surface area contributed by atoms with Gasteiger partial charge in [-0.25, -0.2) is 0 Å². The zero-order valence-electron chi connectivity index (χ0n) is 12.0. The molecule has 0 aromatic rings. The number of ketones is 1. The Morgan fingerprint density at radius 2 is 1.72 bits per heavy atom. The van der Waals surface area contributed by atoms with Gasteiger partial charge in [0.25, 0.3) is 0 Å². The number of unbranched alkanes of at least 4 members (excludes halogenated alkanes) is 5. The molecule has 18 heavy (non-hydrogen) atoms. The molecule has 0 N–H and O–H groups in total. The van der Waals surface area contributed by atoms with Crippen LogP contribution >= 0.6 is 0 Å². The molecule has 0 saturated heterocycles. The van der Waals surface area contributed by atoms with Gasteiger partial charge in [0.05, 0.1) is 0 Å². The maximum Gasteiger partial charge on any atom is 0.195 e. The Balaban J connectivity index is 3.21. The van der Waals surface area contributed by atoms with Gasteiger partial charge in [0.2, 0.25) is 0 Å². The highest BCUT2D eigenvalue weighted by atomic mass is 16.2. The molecule has 0 aliphatic carbocycles. The lowest BCUT2D eigenvalue weighted by atomic mass is 10.0. The van der Waals surface area contributed by atoms with E-state index in [0.29, 0.717) is 12.7 Å². The minimum absolute atomic E-state index is 0.261. The molecule has 0 aromatic carbocycles. The van der Waals surface area contributed by atoms with Gasteiger partial charge in [0.1, 0.15) is 0 Å². The lowest BCUT2D eigenvalue weighted by Gasteiger charge is -2.02. The molecule has 1 unspecified atom stereocenters. The second kappa shape index (κ2) is 12.5. The number of carbonyl (C=O) groups is 2. The van der Waals surface area contributed by atoms with Crippen LogP contribution < -0.4 is 0 Å². The number of rotatable bonds is 12. The second-order valence-electron chi connectivity index (χ2n) is 5.11. The summed E-state index contributed by atoms with van der Waals surface area (Å²) in [5, 5.41) is 0. The molecule has 2 nitrogen and oxygen atoms in total. The molecule has 0 aromatic heterocycles. The molecule has 0 saturated carbocycles. The Morgan fingerprint density at radius 3 is 2.39 bits per heavy atom. The molecule has 104 valence electrons. The summed E-state index contributed by atoms with van der Waals surface area (Å²) in [6.07, 6.45) is 14.6. The van der Waals surface area contributed by atoms with Crippen molar-refractivity contribution in [3.8, 4) is 0 Å². The first-order valence-corrected chi connectivity index (χ1v) is 7.33. The summed E-state index contributed by atoms with van der Waals surface area (Å²) in [5.41, 5.74) is 0. The van der Waals surface area contributed by atoms with Crippen LogP contribution in [0.5, 0.6) is 0 Å². The van der Waals surface area contributed by atoms with E-state index in [4.69, 9.17) is 0 Å². The van der Waals surface area contributed by atoms with Crippen LogP contribution in [0.2, 0.25) is 0 Å². The van der Waals surface area contributed by atoms with E-state index in [1.165, 1.54) is 38.5 Å². The topological polar surface area (TPSA) is 34.1 Å². The van der Waals surface area contributed by atoms with E-state index in [-0.39, 0.29) is 5.78 Å². The zero-order valence-corrected chi connectivity index (χ0v) is 12.0. The fourth-order valence-corrected chi connectivity index (χ4v) is 1.76. The standard InChI is InChI=1S/C16H28O2/c1-3-15(2)12-10-8-6-4-5-7-9-11-13-16(18)14-17/h8,10,14-15H,3-7,9,11-13H2,1-2H3. The molecule has 0 bridgehead atoms. The summed E-state index contributed by atoms with van der Waals surface area (Å²) in [6, 6.07) is 0. The van der Waals surface area contributed by atoms with Crippen LogP contribution in [0.3, 0.4) is 0 Å². The highest BCUT2D eigenvalue weighted by Crippen LogP contribution is 2.10. The number of hydrogen-bond donors (Lipinski definition) is 0. The van der Waals surface area contributed by atoms with E-state index in [1.54, 1.807) is 0 Å². The number of allylic oxidation sites excluding steroid dienone is 2. The molecule has 0 rings (SSSR count). The lowest BCUT2D eigenvalue weighted by molar-refractivity contribution is -0.129. The van der Waals surface area contributed by atoms with Crippen LogP contribution in [-0.2, 0) is 9.59 Å². The third kappa shape index (κ3) is 11.6. The lowest BCUT2D eigenvalue weighted by Crippen LogP contribution is -1.97. The smallest absolute Gasteiger partial charge is 0.195 e. The van der Waals surface area contributed by atoms with Gasteiger partial charge < -0.3 is 0 Å². The Labute approximate surface area is 112 Å². The van der Waals surface area contributed by atoms with Gasteiger partial charge in [0.15, 0.2) is 12.1 Å². The summed E-state index contributed by atoms with van der Waals surface area (Å²) < 4.78 is 0. The van der Waals surface area contributed by atoms with Crippen LogP contribution in [0.1, 0.15) is 71.6 Å². The van der Waals surface area contributed by atoms with E-state index in [2.05, 4.69) is 26.0 Å². The van der Waals surface area contributed by atoms with Crippen LogP contribution in [0.25, 0.3) is 0 Å². The van der Waals surface area contributed by atoms with Crippen molar-refractivity contribution < 1.29 is 9.59 Å². The van der Waals surface area contributed by atoms with E-state index < -0.39 is 0 Å². The van der Waals surface area contributed by atoms with Crippen molar-refractivity contribution in [1.82, 2.24) is 0 Å². The zero-order chi connectivity index (χ0) is 13.6. The van der Waals surface area contributed by atoms with Crippen molar-refractivity contribution in [2.45, 2.75) is 71.6 Å². The Bertz CT molecular complexity index is 243. The SMILES string of the molecule is CCC(C)CC=CCCCCCCCC(=O)C=O. The third-order valence-corrected chi connectivity index (χ3v) is 3.33. The molecular weight excluding hydrogens is 224 g/mol. The maximum absolute atomic E-state index is 10.7. The average molecular weight is 252 g/mol. The van der Waals surface area contributed by atoms with Crippen LogP contribution in [-0.4, -0.2) is 12.1 Å². The van der Waals surface area contributed by atoms with Gasteiger partial charge in [-0.1, -0.05) is 51.7 Å². The largest absolute Gasteiger partial charge is 0.295 e. The van der Waals surface area contributed by atoms with Gasteiger partial charge in [-0.2, -0.15) is 0 Å². The van der Waals surface area contributed by atoms with Crippen molar-refractivity contribution in [3.63, 3.8) is 0 Å². The van der Waals surface area contributed by atoms with E-state index >= 15 is 0 Å². The molecule has 2 heteroatoms. The molecule has 0 spiro atoms. The van der Waals surface area contributed by atoms with E-state index in [1.807, 2.05) is 0 Å². The minimum Gasteiger partial charge on any atom is -0.295 e. The third-order valence-electron chi connectivity index (χ3n) is 3.33. The first kappa shape index (κ1) is 17.1. The molecule has 0 heterocycles. The predicted octanol–water partition coefficient (Wildman–Crippen LogP) is 4.48. The van der Waals surface area contributed by atoms with Crippen molar-refractivity contribution in [3.05, 3.63) is 12.2 Å². The van der Waals surface area contributed by atoms with Crippen molar-refractivity contribution in [2.24, 2.45) is 5.92 Å². The van der Waals surface area contributed by atoms with Crippen molar-refractivity contribution in [2.75, 3.05) is 0 Å². The van der Waals surface area contributed by atoms with Crippen LogP contribution in [0, 0.1) is 5.92 Å². The Hall–Kier alpha value is -0.920. The molecule has 0 amide bonds. The number of Topliss-reactive ketones (excluding diaryl/α,β-unsaturated/α-hetero) is 1. The van der Waals surface area contributed by atoms with Gasteiger partial charge in [-0.05, 0) is 31.6 Å². The molecule has 0 fully saturated rings. The summed E-state index contributed by atoms with van der Waals surface area (Å²) in [7, 11) is 0. The van der Waals surface area contributed by atoms with Crippen molar-refractivity contribution >= 4 is 12.1 Å². The molecule has 0 aliphatic heterocycles. The minimum atomic E-state index is -0.261. The fraction of sp³-hybridized carbons (Fsp3) is 0.750. The highest BCUT2D eigenvalue weighted by Gasteiger charge is 1.98. The average Bonchev–Trinajstić information content (AvgIpc) is 2.40. The van der Waals surface area contributed by atoms with Crippen LogP contribution in [0.4, 0.5) is 0 Å². The summed E-state index contributed by atoms with van der Waals surface area (Å²) in [5.74, 6) is 0.541. The van der Waals surface area contributed by atoms with E-state index in [0.717, 1.165) is 18.8 Å². The maximum atomic E-state index is 10.7. The molecule has 1 atom stereocenters. The summed E-state index contributed by atoms with van der Waals surface area (Å²) in [6.45, 7) is 4.51. The predicted molar refractivity (Wildman–Crippen MR) is 76.6 cm³/mol. The van der Waals surface area contributed by atoms with E-state index in [9.17, 15) is 9.59 Å². The highest BCUT2D eigenvalue weighted by molar-refractivity contribution is 6.24. The normalized spacial score (nSPS) is 12.8. The summed E-state index contributed by atoms with van der Waals surface area (Å²) in [4.78, 5) is 20.8. The molecule has 0 aliphatic rings. The summed E-state index contributed by atoms with van der Waals surface area (Å²) >= 11 is 0. The van der Waals surface area contributed by atoms with Gasteiger partial charge in [-0.3, -0.25) is 9.59 Å². The first-order chi connectivity index (χ1) is 8.70. The quantitative estimate of drug-likeness (QED) is 0.222. The monoisotopic (exact) mass is 252 g/mol. The first-order valence-electron chi connectivity index (χ1n) is 7.33. The Kier molecular flexibility index (Phi) is 11.9. The van der Waals surface area contributed by atoms with Gasteiger partial charge in [0, 0.05) is 6.42 Å². The number of carbonyl (C=O) groups excluding carboxylic acids is 2. The van der Waals surface area contributed by atoms with Gasteiger partial charge in [-0.15, -0.1) is 0 Å². The second-order valence-corrected chi connectivity index (χ2v) is 5.11. The van der Waals surface area contributed by atoms with Gasteiger partial charge >= 0.3 is 0 Å². The number of aldehydes is 1.